The van der Waals surface area contributed by atoms with E-state index in [9.17, 15) is 4.79 Å². The summed E-state index contributed by atoms with van der Waals surface area (Å²) in [7, 11) is 0. The zero-order valence-electron chi connectivity index (χ0n) is 7.62. The molecule has 1 amide bonds. The van der Waals surface area contributed by atoms with Crippen LogP contribution in [0.25, 0.3) is 0 Å². The molecule has 5 heteroatoms. The molecule has 0 saturated carbocycles. The summed E-state index contributed by atoms with van der Waals surface area (Å²) in [5.74, 6) is 3.70. The molecule has 0 aromatic carbocycles. The fourth-order valence-electron chi connectivity index (χ4n) is 1.10. The first-order chi connectivity index (χ1) is 6.33. The number of rotatable bonds is 4. The van der Waals surface area contributed by atoms with Gasteiger partial charge in [0.15, 0.2) is 0 Å². The number of nitrogens with two attached hydrogens (primary N) is 1. The summed E-state index contributed by atoms with van der Waals surface area (Å²) in [6, 6.07) is 0. The van der Waals surface area contributed by atoms with E-state index in [0.717, 1.165) is 12.3 Å². The van der Waals surface area contributed by atoms with Crippen LogP contribution in [0.15, 0.2) is 0 Å². The van der Waals surface area contributed by atoms with E-state index in [-0.39, 0.29) is 5.91 Å². The van der Waals surface area contributed by atoms with Gasteiger partial charge >= 0.3 is 0 Å². The van der Waals surface area contributed by atoms with Crippen molar-refractivity contribution in [1.82, 2.24) is 5.32 Å². The molecule has 1 atom stereocenters. The first-order valence-corrected chi connectivity index (χ1v) is 6.69. The number of hydrogen-bond acceptors (Lipinski definition) is 4. The Balaban J connectivity index is 2.06. The van der Waals surface area contributed by atoms with E-state index < -0.39 is 0 Å². The van der Waals surface area contributed by atoms with E-state index in [0.29, 0.717) is 18.2 Å². The average Bonchev–Trinajstić information content (AvgIpc) is 2.17. The summed E-state index contributed by atoms with van der Waals surface area (Å²) >= 11 is 3.93. The predicted molar refractivity (Wildman–Crippen MR) is 60.3 cm³/mol. The van der Waals surface area contributed by atoms with Gasteiger partial charge in [0.1, 0.15) is 0 Å². The van der Waals surface area contributed by atoms with Crippen molar-refractivity contribution < 1.29 is 4.79 Å². The minimum Gasteiger partial charge on any atom is -0.355 e. The lowest BCUT2D eigenvalue weighted by atomic mass is 10.4. The van der Waals surface area contributed by atoms with Crippen LogP contribution in [0.2, 0.25) is 0 Å². The molecule has 76 valence electrons. The van der Waals surface area contributed by atoms with Gasteiger partial charge in [-0.25, -0.2) is 0 Å². The number of thioether (sulfide) groups is 2. The summed E-state index contributed by atoms with van der Waals surface area (Å²) in [6.07, 6.45) is 0.449. The van der Waals surface area contributed by atoms with Gasteiger partial charge in [-0.05, 0) is 0 Å². The highest BCUT2D eigenvalue weighted by molar-refractivity contribution is 8.06. The molecule has 13 heavy (non-hydrogen) atoms. The van der Waals surface area contributed by atoms with Gasteiger partial charge in [-0.1, -0.05) is 0 Å². The van der Waals surface area contributed by atoms with Crippen LogP contribution in [0.3, 0.4) is 0 Å². The topological polar surface area (TPSA) is 55.1 Å². The zero-order valence-corrected chi connectivity index (χ0v) is 9.26. The molecule has 1 rings (SSSR count). The van der Waals surface area contributed by atoms with Gasteiger partial charge in [-0.15, -0.1) is 0 Å². The van der Waals surface area contributed by atoms with Crippen LogP contribution in [-0.4, -0.2) is 41.5 Å². The molecule has 1 aliphatic rings. The van der Waals surface area contributed by atoms with Crippen molar-refractivity contribution in [3.05, 3.63) is 0 Å². The summed E-state index contributed by atoms with van der Waals surface area (Å²) in [6.45, 7) is 1.24. The van der Waals surface area contributed by atoms with Crippen LogP contribution < -0.4 is 11.1 Å². The van der Waals surface area contributed by atoms with Gasteiger partial charge in [0.2, 0.25) is 5.91 Å². The van der Waals surface area contributed by atoms with Gasteiger partial charge in [0, 0.05) is 42.0 Å². The number of nitrogens with one attached hydrogen (secondary N) is 1. The Morgan fingerprint density at radius 3 is 3.00 bits per heavy atom. The van der Waals surface area contributed by atoms with Gasteiger partial charge in [0.05, 0.1) is 0 Å². The van der Waals surface area contributed by atoms with Crippen molar-refractivity contribution in [1.29, 1.82) is 0 Å². The monoisotopic (exact) mass is 220 g/mol. The standard InChI is InChI=1S/C8H16N2OS2/c9-2-1-8(11)10-5-7-6-12-3-4-13-7/h7H,1-6,9H2,(H,10,11). The SMILES string of the molecule is NCCC(=O)NCC1CSCCS1. The molecule has 1 saturated heterocycles. The van der Waals surface area contributed by atoms with E-state index in [2.05, 4.69) is 5.32 Å². The molecular formula is C8H16N2OS2. The van der Waals surface area contributed by atoms with E-state index >= 15 is 0 Å². The Morgan fingerprint density at radius 2 is 2.38 bits per heavy atom. The van der Waals surface area contributed by atoms with Crippen molar-refractivity contribution in [2.24, 2.45) is 5.73 Å². The Kier molecular flexibility index (Phi) is 5.66. The van der Waals surface area contributed by atoms with E-state index in [1.807, 2.05) is 23.5 Å². The third-order valence-corrected chi connectivity index (χ3v) is 4.63. The van der Waals surface area contributed by atoms with Crippen molar-refractivity contribution in [3.63, 3.8) is 0 Å². The first kappa shape index (κ1) is 11.2. The molecule has 0 spiro atoms. The smallest absolute Gasteiger partial charge is 0.221 e. The maximum atomic E-state index is 11.1. The molecule has 3 N–H and O–H groups in total. The van der Waals surface area contributed by atoms with Gasteiger partial charge in [0.25, 0.3) is 0 Å². The Bertz CT molecular complexity index is 160. The molecule has 0 bridgehead atoms. The normalized spacial score (nSPS) is 22.7. The van der Waals surface area contributed by atoms with Crippen LogP contribution in [0.1, 0.15) is 6.42 Å². The van der Waals surface area contributed by atoms with E-state index in [4.69, 9.17) is 5.73 Å². The molecule has 1 unspecified atom stereocenters. The van der Waals surface area contributed by atoms with E-state index in [1.54, 1.807) is 0 Å². The molecule has 1 heterocycles. The van der Waals surface area contributed by atoms with Crippen LogP contribution in [0, 0.1) is 0 Å². The second-order valence-corrected chi connectivity index (χ2v) is 5.47. The highest BCUT2D eigenvalue weighted by Gasteiger charge is 2.14. The summed E-state index contributed by atoms with van der Waals surface area (Å²) in [5, 5.41) is 3.50. The quantitative estimate of drug-likeness (QED) is 0.715. The second kappa shape index (κ2) is 6.56. The third-order valence-electron chi connectivity index (χ3n) is 1.78. The fourth-order valence-corrected chi connectivity index (χ4v) is 3.71. The summed E-state index contributed by atoms with van der Waals surface area (Å²) in [4.78, 5) is 11.1. The minimum atomic E-state index is 0.0821. The van der Waals surface area contributed by atoms with E-state index in [1.165, 1.54) is 11.5 Å². The molecule has 1 aliphatic heterocycles. The highest BCUT2D eigenvalue weighted by Crippen LogP contribution is 2.23. The van der Waals surface area contributed by atoms with Gasteiger partial charge < -0.3 is 11.1 Å². The third kappa shape index (κ3) is 4.78. The fraction of sp³-hybridized carbons (Fsp3) is 0.875. The molecule has 0 aromatic rings. The summed E-state index contributed by atoms with van der Waals surface area (Å²) < 4.78 is 0. The van der Waals surface area contributed by atoms with Crippen LogP contribution in [0.4, 0.5) is 0 Å². The lowest BCUT2D eigenvalue weighted by Crippen LogP contribution is -2.34. The van der Waals surface area contributed by atoms with Gasteiger partial charge in [-0.3, -0.25) is 4.79 Å². The number of hydrogen-bond donors (Lipinski definition) is 2. The molecular weight excluding hydrogens is 204 g/mol. The van der Waals surface area contributed by atoms with Crippen LogP contribution >= 0.6 is 23.5 Å². The minimum absolute atomic E-state index is 0.0821. The molecule has 0 aliphatic carbocycles. The number of carbonyl (C=O) groups excluding carboxylic acids is 1. The van der Waals surface area contributed by atoms with Crippen molar-refractivity contribution >= 4 is 29.4 Å². The van der Waals surface area contributed by atoms with Crippen molar-refractivity contribution in [3.8, 4) is 0 Å². The number of carbonyl (C=O) groups is 1. The molecule has 0 aromatic heterocycles. The maximum Gasteiger partial charge on any atom is 0.221 e. The van der Waals surface area contributed by atoms with Gasteiger partial charge in [-0.2, -0.15) is 23.5 Å². The zero-order chi connectivity index (χ0) is 9.52. The highest BCUT2D eigenvalue weighted by atomic mass is 32.2. The average molecular weight is 220 g/mol. The Labute approximate surface area is 87.6 Å². The van der Waals surface area contributed by atoms with Crippen LogP contribution in [0.5, 0.6) is 0 Å². The molecule has 3 nitrogen and oxygen atoms in total. The maximum absolute atomic E-state index is 11.1. The molecule has 0 radical (unpaired) electrons. The summed E-state index contributed by atoms with van der Waals surface area (Å²) in [5.41, 5.74) is 5.27. The Morgan fingerprint density at radius 1 is 1.54 bits per heavy atom. The lowest BCUT2D eigenvalue weighted by Gasteiger charge is -2.20. The molecule has 1 fully saturated rings. The number of amides is 1. The Hall–Kier alpha value is 0.130. The van der Waals surface area contributed by atoms with Crippen molar-refractivity contribution in [2.75, 3.05) is 30.3 Å². The predicted octanol–water partition coefficient (Wildman–Crippen LogP) is 0.300. The second-order valence-electron chi connectivity index (χ2n) is 2.91. The first-order valence-electron chi connectivity index (χ1n) is 4.49. The largest absolute Gasteiger partial charge is 0.355 e. The van der Waals surface area contributed by atoms with Crippen molar-refractivity contribution in [2.45, 2.75) is 11.7 Å². The lowest BCUT2D eigenvalue weighted by molar-refractivity contribution is -0.120. The van der Waals surface area contributed by atoms with Crippen LogP contribution in [-0.2, 0) is 4.79 Å².